The molecule has 0 radical (unpaired) electrons. The summed E-state index contributed by atoms with van der Waals surface area (Å²) < 4.78 is 18.5. The van der Waals surface area contributed by atoms with Gasteiger partial charge in [0, 0.05) is 0 Å². The van der Waals surface area contributed by atoms with Crippen LogP contribution < -0.4 is 21.2 Å². The van der Waals surface area contributed by atoms with Gasteiger partial charge in [0.15, 0.2) is 6.61 Å². The Morgan fingerprint density at radius 2 is 1.77 bits per heavy atom. The molecular weight excluding hydrogens is 343 g/mol. The van der Waals surface area contributed by atoms with Crippen molar-refractivity contribution in [1.29, 1.82) is 0 Å². The van der Waals surface area contributed by atoms with Crippen molar-refractivity contribution >= 4 is 29.6 Å². The van der Waals surface area contributed by atoms with Crippen molar-refractivity contribution in [1.82, 2.24) is 5.43 Å². The van der Waals surface area contributed by atoms with Crippen LogP contribution in [0, 0.1) is 5.82 Å². The Balaban J connectivity index is 1.85. The van der Waals surface area contributed by atoms with Gasteiger partial charge >= 0.3 is 11.8 Å². The fraction of sp³-hybridized carbons (Fsp3) is 0.0588. The van der Waals surface area contributed by atoms with Gasteiger partial charge in [-0.05, 0) is 42.0 Å². The highest BCUT2D eigenvalue weighted by atomic mass is 19.1. The molecule has 0 atom stereocenters. The number of nitrogens with one attached hydrogen (secondary N) is 2. The number of hydrogen-bond acceptors (Lipinski definition) is 5. The Bertz CT molecular complexity index is 837. The number of para-hydroxylation sites is 1. The number of primary amides is 1. The van der Waals surface area contributed by atoms with Crippen LogP contribution in [0.25, 0.3) is 0 Å². The number of halogens is 1. The molecule has 0 unspecified atom stereocenters. The third-order valence-electron chi connectivity index (χ3n) is 2.97. The molecule has 0 spiro atoms. The summed E-state index contributed by atoms with van der Waals surface area (Å²) in [7, 11) is 0. The van der Waals surface area contributed by atoms with E-state index in [-0.39, 0.29) is 12.3 Å². The van der Waals surface area contributed by atoms with Crippen LogP contribution in [0.1, 0.15) is 5.56 Å². The van der Waals surface area contributed by atoms with Crippen LogP contribution in [0.5, 0.6) is 5.75 Å². The van der Waals surface area contributed by atoms with Crippen molar-refractivity contribution in [2.75, 3.05) is 11.9 Å². The Kier molecular flexibility index (Phi) is 6.38. The number of anilines is 1. The summed E-state index contributed by atoms with van der Waals surface area (Å²) in [5.74, 6) is -2.91. The maximum atomic E-state index is 13.4. The highest BCUT2D eigenvalue weighted by Crippen LogP contribution is 2.12. The molecule has 0 saturated carbocycles. The van der Waals surface area contributed by atoms with Gasteiger partial charge in [-0.25, -0.2) is 9.82 Å². The molecule has 0 heterocycles. The van der Waals surface area contributed by atoms with Gasteiger partial charge in [0.1, 0.15) is 11.6 Å². The monoisotopic (exact) mass is 358 g/mol. The molecule has 2 aromatic rings. The number of rotatable bonds is 6. The zero-order chi connectivity index (χ0) is 18.9. The minimum absolute atomic E-state index is 0.108. The zero-order valence-electron chi connectivity index (χ0n) is 13.4. The number of nitrogens with zero attached hydrogens (tertiary/aromatic N) is 1. The minimum Gasteiger partial charge on any atom is -0.484 e. The van der Waals surface area contributed by atoms with Gasteiger partial charge in [-0.2, -0.15) is 5.10 Å². The summed E-state index contributed by atoms with van der Waals surface area (Å²) in [6.07, 6.45) is 1.30. The average molecular weight is 358 g/mol. The topological polar surface area (TPSA) is 123 Å². The Hall–Kier alpha value is -3.75. The maximum Gasteiger partial charge on any atom is 0.329 e. The number of carbonyl (C=O) groups excluding carboxylic acids is 3. The van der Waals surface area contributed by atoms with Gasteiger partial charge in [0.2, 0.25) is 0 Å². The van der Waals surface area contributed by atoms with Gasteiger partial charge in [-0.3, -0.25) is 14.4 Å². The van der Waals surface area contributed by atoms with E-state index in [2.05, 4.69) is 10.4 Å². The molecule has 0 aliphatic rings. The third kappa shape index (κ3) is 5.71. The number of nitrogens with two attached hydrogens (primary N) is 1. The third-order valence-corrected chi connectivity index (χ3v) is 2.97. The van der Waals surface area contributed by atoms with Gasteiger partial charge in [0.25, 0.3) is 5.91 Å². The molecule has 26 heavy (non-hydrogen) atoms. The predicted molar refractivity (Wildman–Crippen MR) is 91.9 cm³/mol. The maximum absolute atomic E-state index is 13.4. The quantitative estimate of drug-likeness (QED) is 0.401. The fourth-order valence-electron chi connectivity index (χ4n) is 1.76. The summed E-state index contributed by atoms with van der Waals surface area (Å²) in [4.78, 5) is 33.9. The fourth-order valence-corrected chi connectivity index (χ4v) is 1.76. The lowest BCUT2D eigenvalue weighted by Gasteiger charge is -2.05. The van der Waals surface area contributed by atoms with Crippen molar-refractivity contribution < 1.29 is 23.5 Å². The molecule has 0 saturated heterocycles. The van der Waals surface area contributed by atoms with E-state index in [9.17, 15) is 18.8 Å². The molecule has 0 aliphatic carbocycles. The first-order valence-electron chi connectivity index (χ1n) is 7.36. The number of hydrazone groups is 1. The average Bonchev–Trinajstić information content (AvgIpc) is 2.62. The number of carbonyl (C=O) groups is 3. The van der Waals surface area contributed by atoms with Crippen molar-refractivity contribution in [3.05, 3.63) is 59.9 Å². The molecule has 3 amide bonds. The van der Waals surface area contributed by atoms with Crippen molar-refractivity contribution in [3.8, 4) is 5.75 Å². The van der Waals surface area contributed by atoms with Crippen LogP contribution in [-0.4, -0.2) is 30.5 Å². The number of hydrogen-bond donors (Lipinski definition) is 3. The van der Waals surface area contributed by atoms with E-state index in [4.69, 9.17) is 10.5 Å². The molecule has 0 fully saturated rings. The SMILES string of the molecule is NC(=O)COc1ccc(C=NNC(=O)C(=O)Nc2ccccc2F)cc1. The Labute approximate surface area is 147 Å². The molecule has 8 nitrogen and oxygen atoms in total. The van der Waals surface area contributed by atoms with Crippen molar-refractivity contribution in [3.63, 3.8) is 0 Å². The van der Waals surface area contributed by atoms with E-state index >= 15 is 0 Å². The zero-order valence-corrected chi connectivity index (χ0v) is 13.4. The molecule has 2 rings (SSSR count). The highest BCUT2D eigenvalue weighted by molar-refractivity contribution is 6.39. The molecule has 134 valence electrons. The van der Waals surface area contributed by atoms with Gasteiger partial charge < -0.3 is 15.8 Å². The highest BCUT2D eigenvalue weighted by Gasteiger charge is 2.14. The summed E-state index contributed by atoms with van der Waals surface area (Å²) in [5, 5.41) is 5.77. The Morgan fingerprint density at radius 3 is 2.42 bits per heavy atom. The second kappa shape index (κ2) is 8.92. The second-order valence-electron chi connectivity index (χ2n) is 4.96. The minimum atomic E-state index is -1.05. The standard InChI is InChI=1S/C17H15FN4O4/c18-13-3-1-2-4-14(13)21-16(24)17(25)22-20-9-11-5-7-12(8-6-11)26-10-15(19)23/h1-9H,10H2,(H2,19,23)(H,21,24)(H,22,25). The lowest BCUT2D eigenvalue weighted by Crippen LogP contribution is -2.32. The first kappa shape index (κ1) is 18.6. The first-order chi connectivity index (χ1) is 12.5. The van der Waals surface area contributed by atoms with E-state index in [0.29, 0.717) is 11.3 Å². The summed E-state index contributed by atoms with van der Waals surface area (Å²) in [6, 6.07) is 11.9. The molecule has 0 bridgehead atoms. The van der Waals surface area contributed by atoms with Crippen molar-refractivity contribution in [2.45, 2.75) is 0 Å². The molecule has 0 aromatic heterocycles. The van der Waals surface area contributed by atoms with E-state index in [1.54, 1.807) is 24.3 Å². The van der Waals surface area contributed by atoms with Crippen LogP contribution >= 0.6 is 0 Å². The van der Waals surface area contributed by atoms with Gasteiger partial charge in [-0.1, -0.05) is 12.1 Å². The van der Waals surface area contributed by atoms with E-state index < -0.39 is 23.5 Å². The number of ether oxygens (including phenoxy) is 1. The molecule has 2 aromatic carbocycles. The molecule has 0 aliphatic heterocycles. The van der Waals surface area contributed by atoms with Crippen LogP contribution in [0.4, 0.5) is 10.1 Å². The predicted octanol–water partition coefficient (Wildman–Crippen LogP) is 0.779. The summed E-state index contributed by atoms with van der Waals surface area (Å²) >= 11 is 0. The number of benzene rings is 2. The smallest absolute Gasteiger partial charge is 0.329 e. The molecular formula is C17H15FN4O4. The largest absolute Gasteiger partial charge is 0.484 e. The molecule has 4 N–H and O–H groups in total. The second-order valence-corrected chi connectivity index (χ2v) is 4.96. The lowest BCUT2D eigenvalue weighted by atomic mass is 10.2. The summed E-state index contributed by atoms with van der Waals surface area (Å²) in [6.45, 7) is -0.236. The van der Waals surface area contributed by atoms with Crippen LogP contribution in [0.2, 0.25) is 0 Å². The Morgan fingerprint density at radius 1 is 1.08 bits per heavy atom. The van der Waals surface area contributed by atoms with Gasteiger partial charge in [-0.15, -0.1) is 0 Å². The van der Waals surface area contributed by atoms with Crippen molar-refractivity contribution in [2.24, 2.45) is 10.8 Å². The first-order valence-corrected chi connectivity index (χ1v) is 7.36. The normalized spacial score (nSPS) is 10.3. The van der Waals surface area contributed by atoms with Crippen LogP contribution in [0.15, 0.2) is 53.6 Å². The summed E-state index contributed by atoms with van der Waals surface area (Å²) in [5.41, 5.74) is 7.49. The van der Waals surface area contributed by atoms with Gasteiger partial charge in [0.05, 0.1) is 11.9 Å². The molecule has 9 heteroatoms. The van der Waals surface area contributed by atoms with E-state index in [1.807, 2.05) is 5.43 Å². The van der Waals surface area contributed by atoms with E-state index in [0.717, 1.165) is 6.07 Å². The lowest BCUT2D eigenvalue weighted by molar-refractivity contribution is -0.136. The van der Waals surface area contributed by atoms with E-state index in [1.165, 1.54) is 24.4 Å². The van der Waals surface area contributed by atoms with Crippen LogP contribution in [-0.2, 0) is 14.4 Å². The van der Waals surface area contributed by atoms with Crippen LogP contribution in [0.3, 0.4) is 0 Å². The number of amides is 3.